The number of piperazine rings is 1. The van der Waals surface area contributed by atoms with E-state index in [1.807, 2.05) is 55.1 Å². The summed E-state index contributed by atoms with van der Waals surface area (Å²) in [4.78, 5) is 25.4. The van der Waals surface area contributed by atoms with Crippen molar-refractivity contribution in [2.75, 3.05) is 37.0 Å². The van der Waals surface area contributed by atoms with Crippen LogP contribution in [0.25, 0.3) is 11.3 Å². The first-order valence-electron chi connectivity index (χ1n) is 8.49. The number of rotatable bonds is 4. The number of alkyl halides is 1. The maximum atomic E-state index is 12.5. The van der Waals surface area contributed by atoms with Gasteiger partial charge in [-0.3, -0.25) is 4.79 Å². The van der Waals surface area contributed by atoms with Gasteiger partial charge in [-0.2, -0.15) is 0 Å². The van der Waals surface area contributed by atoms with Crippen molar-refractivity contribution in [1.82, 2.24) is 14.9 Å². The first-order valence-corrected chi connectivity index (χ1v) is 9.02. The zero-order valence-corrected chi connectivity index (χ0v) is 15.4. The lowest BCUT2D eigenvalue weighted by Gasteiger charge is -2.38. The molecule has 1 aliphatic rings. The first-order chi connectivity index (χ1) is 12.0. The number of nitrogens with zero attached hydrogens (tertiary/aromatic N) is 4. The molecular formula is C19H23ClN4O. The molecule has 0 atom stereocenters. The van der Waals surface area contributed by atoms with Crippen molar-refractivity contribution in [2.24, 2.45) is 5.41 Å². The Morgan fingerprint density at radius 1 is 1.12 bits per heavy atom. The molecule has 1 amide bonds. The van der Waals surface area contributed by atoms with E-state index >= 15 is 0 Å². The van der Waals surface area contributed by atoms with Gasteiger partial charge >= 0.3 is 0 Å². The molecule has 2 heterocycles. The molecule has 5 nitrogen and oxygen atoms in total. The van der Waals surface area contributed by atoms with Crippen LogP contribution in [0.3, 0.4) is 0 Å². The Kier molecular flexibility index (Phi) is 5.23. The molecule has 0 unspecified atom stereocenters. The van der Waals surface area contributed by atoms with Gasteiger partial charge in [0.15, 0.2) is 0 Å². The quantitative estimate of drug-likeness (QED) is 0.788. The summed E-state index contributed by atoms with van der Waals surface area (Å²) in [7, 11) is 0. The highest BCUT2D eigenvalue weighted by Crippen LogP contribution is 2.24. The van der Waals surface area contributed by atoms with Crippen LogP contribution in [0.2, 0.25) is 0 Å². The molecule has 3 rings (SSSR count). The van der Waals surface area contributed by atoms with Gasteiger partial charge in [-0.25, -0.2) is 9.97 Å². The lowest BCUT2D eigenvalue weighted by Crippen LogP contribution is -2.52. The Morgan fingerprint density at radius 3 is 2.44 bits per heavy atom. The molecule has 1 aromatic heterocycles. The van der Waals surface area contributed by atoms with Gasteiger partial charge < -0.3 is 9.80 Å². The molecule has 1 fully saturated rings. The topological polar surface area (TPSA) is 49.3 Å². The van der Waals surface area contributed by atoms with E-state index < -0.39 is 5.41 Å². The van der Waals surface area contributed by atoms with Gasteiger partial charge in [-0.15, -0.1) is 11.6 Å². The fourth-order valence-electron chi connectivity index (χ4n) is 2.91. The molecule has 1 aliphatic heterocycles. The van der Waals surface area contributed by atoms with E-state index in [1.54, 1.807) is 6.33 Å². The third-order valence-corrected chi connectivity index (χ3v) is 5.19. The van der Waals surface area contributed by atoms with E-state index in [9.17, 15) is 4.79 Å². The Balaban J connectivity index is 1.69. The molecule has 0 bridgehead atoms. The smallest absolute Gasteiger partial charge is 0.229 e. The highest BCUT2D eigenvalue weighted by molar-refractivity contribution is 6.19. The van der Waals surface area contributed by atoms with Gasteiger partial charge in [-0.05, 0) is 13.8 Å². The van der Waals surface area contributed by atoms with Crippen molar-refractivity contribution >= 4 is 23.3 Å². The molecule has 6 heteroatoms. The SMILES string of the molecule is CC(C)(CCl)C(=O)N1CCN(c2cc(-c3ccccc3)ncn2)CC1. The second-order valence-electron chi connectivity index (χ2n) is 6.92. The van der Waals surface area contributed by atoms with E-state index in [2.05, 4.69) is 14.9 Å². The lowest BCUT2D eigenvalue weighted by molar-refractivity contribution is -0.139. The van der Waals surface area contributed by atoms with Crippen LogP contribution in [0, 0.1) is 5.41 Å². The number of carbonyl (C=O) groups excluding carboxylic acids is 1. The number of hydrogen-bond donors (Lipinski definition) is 0. The molecule has 2 aromatic rings. The van der Waals surface area contributed by atoms with E-state index in [0.717, 1.165) is 30.2 Å². The molecule has 0 aliphatic carbocycles. The summed E-state index contributed by atoms with van der Waals surface area (Å²) in [6, 6.07) is 12.1. The number of hydrogen-bond acceptors (Lipinski definition) is 4. The van der Waals surface area contributed by atoms with Gasteiger partial charge in [-0.1, -0.05) is 30.3 Å². The largest absolute Gasteiger partial charge is 0.353 e. The van der Waals surface area contributed by atoms with Crippen molar-refractivity contribution in [2.45, 2.75) is 13.8 Å². The van der Waals surface area contributed by atoms with E-state index in [-0.39, 0.29) is 5.91 Å². The van der Waals surface area contributed by atoms with Gasteiger partial charge in [0.05, 0.1) is 11.1 Å². The van der Waals surface area contributed by atoms with E-state index in [1.165, 1.54) is 0 Å². The van der Waals surface area contributed by atoms with Crippen molar-refractivity contribution in [3.63, 3.8) is 0 Å². The monoisotopic (exact) mass is 358 g/mol. The predicted octanol–water partition coefficient (Wildman–Crippen LogP) is 3.06. The molecule has 1 aromatic carbocycles. The van der Waals surface area contributed by atoms with Gasteiger partial charge in [0.1, 0.15) is 12.1 Å². The summed E-state index contributed by atoms with van der Waals surface area (Å²) in [6.07, 6.45) is 1.60. The number of carbonyl (C=O) groups is 1. The number of anilines is 1. The fourth-order valence-corrected chi connectivity index (χ4v) is 3.02. The normalized spacial score (nSPS) is 15.3. The van der Waals surface area contributed by atoms with Crippen molar-refractivity contribution < 1.29 is 4.79 Å². The standard InChI is InChI=1S/C19H23ClN4O/c1-19(2,13-20)18(25)24-10-8-23(9-11-24)17-12-16(21-14-22-17)15-6-4-3-5-7-15/h3-7,12,14H,8-11,13H2,1-2H3. The second-order valence-corrected chi connectivity index (χ2v) is 7.19. The van der Waals surface area contributed by atoms with Gasteiger partial charge in [0.2, 0.25) is 5.91 Å². The summed E-state index contributed by atoms with van der Waals surface area (Å²) in [5.74, 6) is 1.35. The molecule has 0 spiro atoms. The van der Waals surface area contributed by atoms with Crippen molar-refractivity contribution in [3.05, 3.63) is 42.7 Å². The molecule has 0 saturated carbocycles. The average molecular weight is 359 g/mol. The minimum atomic E-state index is -0.515. The average Bonchev–Trinajstić information content (AvgIpc) is 2.68. The van der Waals surface area contributed by atoms with E-state index in [0.29, 0.717) is 19.0 Å². The van der Waals surface area contributed by atoms with Gasteiger partial charge in [0, 0.05) is 43.7 Å². The summed E-state index contributed by atoms with van der Waals surface area (Å²) in [5.41, 5.74) is 1.47. The third kappa shape index (κ3) is 3.93. The predicted molar refractivity (Wildman–Crippen MR) is 101 cm³/mol. The van der Waals surface area contributed by atoms with Crippen LogP contribution < -0.4 is 4.90 Å². The number of aromatic nitrogens is 2. The zero-order valence-electron chi connectivity index (χ0n) is 14.7. The number of amides is 1. The highest BCUT2D eigenvalue weighted by atomic mass is 35.5. The van der Waals surface area contributed by atoms with Crippen LogP contribution in [0.1, 0.15) is 13.8 Å². The Labute approximate surface area is 153 Å². The summed E-state index contributed by atoms with van der Waals surface area (Å²) in [5, 5.41) is 0. The van der Waals surface area contributed by atoms with Crippen molar-refractivity contribution in [1.29, 1.82) is 0 Å². The third-order valence-electron chi connectivity index (χ3n) is 4.53. The summed E-state index contributed by atoms with van der Waals surface area (Å²) >= 11 is 5.93. The number of halogens is 1. The van der Waals surface area contributed by atoms with Crippen LogP contribution in [-0.2, 0) is 4.79 Å². The molecule has 132 valence electrons. The van der Waals surface area contributed by atoms with Crippen molar-refractivity contribution in [3.8, 4) is 11.3 Å². The lowest BCUT2D eigenvalue weighted by atomic mass is 9.94. The van der Waals surface area contributed by atoms with Crippen LogP contribution in [0.5, 0.6) is 0 Å². The first kappa shape index (κ1) is 17.7. The maximum Gasteiger partial charge on any atom is 0.229 e. The molecule has 25 heavy (non-hydrogen) atoms. The molecular weight excluding hydrogens is 336 g/mol. The minimum absolute atomic E-state index is 0.120. The van der Waals surface area contributed by atoms with E-state index in [4.69, 9.17) is 11.6 Å². The highest BCUT2D eigenvalue weighted by Gasteiger charge is 2.33. The zero-order chi connectivity index (χ0) is 17.9. The maximum absolute atomic E-state index is 12.5. The molecule has 0 radical (unpaired) electrons. The van der Waals surface area contributed by atoms with Crippen LogP contribution in [-0.4, -0.2) is 52.8 Å². The Morgan fingerprint density at radius 2 is 1.80 bits per heavy atom. The second kappa shape index (κ2) is 7.40. The number of benzene rings is 1. The minimum Gasteiger partial charge on any atom is -0.353 e. The summed E-state index contributed by atoms with van der Waals surface area (Å²) in [6.45, 7) is 6.68. The fraction of sp³-hybridized carbons (Fsp3) is 0.421. The van der Waals surface area contributed by atoms with Crippen LogP contribution in [0.4, 0.5) is 5.82 Å². The molecule has 0 N–H and O–H groups in total. The Bertz CT molecular complexity index is 727. The summed E-state index contributed by atoms with van der Waals surface area (Å²) < 4.78 is 0. The Hall–Kier alpha value is -2.14. The van der Waals surface area contributed by atoms with Crippen LogP contribution >= 0.6 is 11.6 Å². The van der Waals surface area contributed by atoms with Gasteiger partial charge in [0.25, 0.3) is 0 Å². The molecule has 1 saturated heterocycles. The van der Waals surface area contributed by atoms with Crippen LogP contribution in [0.15, 0.2) is 42.7 Å².